The van der Waals surface area contributed by atoms with Crippen LogP contribution in [-0.2, 0) is 10.0 Å². The van der Waals surface area contributed by atoms with Crippen molar-refractivity contribution in [3.05, 3.63) is 46.2 Å². The monoisotopic (exact) mass is 322 g/mol. The summed E-state index contributed by atoms with van der Waals surface area (Å²) < 4.78 is 27.4. The normalized spacial score (nSPS) is 20.0. The fourth-order valence-electron chi connectivity index (χ4n) is 2.82. The first kappa shape index (κ1) is 14.6. The van der Waals surface area contributed by atoms with E-state index < -0.39 is 10.0 Å². The molecule has 4 nitrogen and oxygen atoms in total. The van der Waals surface area contributed by atoms with E-state index in [4.69, 9.17) is 5.73 Å². The van der Waals surface area contributed by atoms with Crippen molar-refractivity contribution in [2.45, 2.75) is 30.7 Å². The minimum Gasteiger partial charge on any atom is -0.398 e. The molecule has 6 heteroatoms. The Morgan fingerprint density at radius 2 is 2.14 bits per heavy atom. The second-order valence-corrected chi connectivity index (χ2v) is 8.17. The van der Waals surface area contributed by atoms with Crippen molar-refractivity contribution in [3.63, 3.8) is 0 Å². The molecule has 0 saturated carbocycles. The van der Waals surface area contributed by atoms with Crippen molar-refractivity contribution >= 4 is 27.0 Å². The van der Waals surface area contributed by atoms with Crippen LogP contribution in [0.3, 0.4) is 0 Å². The Balaban J connectivity index is 2.01. The molecule has 2 heterocycles. The van der Waals surface area contributed by atoms with Crippen LogP contribution < -0.4 is 5.73 Å². The van der Waals surface area contributed by atoms with Gasteiger partial charge in [0.2, 0.25) is 10.0 Å². The Kier molecular flexibility index (Phi) is 3.77. The molecule has 0 bridgehead atoms. The van der Waals surface area contributed by atoms with Gasteiger partial charge in [-0.15, -0.1) is 11.3 Å². The van der Waals surface area contributed by atoms with Crippen molar-refractivity contribution in [1.29, 1.82) is 0 Å². The number of sulfonamides is 1. The predicted octanol–water partition coefficient (Wildman–Crippen LogP) is 3.16. The molecule has 0 radical (unpaired) electrons. The summed E-state index contributed by atoms with van der Waals surface area (Å²) in [4.78, 5) is 1.32. The van der Waals surface area contributed by atoms with Gasteiger partial charge in [0.15, 0.2) is 0 Å². The quantitative estimate of drug-likeness (QED) is 0.883. The zero-order valence-corrected chi connectivity index (χ0v) is 13.5. The fourth-order valence-corrected chi connectivity index (χ4v) is 5.54. The number of hydrogen-bond donors (Lipinski definition) is 1. The summed E-state index contributed by atoms with van der Waals surface area (Å²) in [5.74, 6) is 0. The number of hydrogen-bond acceptors (Lipinski definition) is 4. The number of benzene rings is 1. The molecule has 2 aromatic rings. The zero-order chi connectivity index (χ0) is 15.0. The van der Waals surface area contributed by atoms with E-state index in [0.29, 0.717) is 12.2 Å². The number of anilines is 1. The van der Waals surface area contributed by atoms with Gasteiger partial charge >= 0.3 is 0 Å². The molecule has 0 aliphatic carbocycles. The first-order chi connectivity index (χ1) is 10.00. The van der Waals surface area contributed by atoms with E-state index >= 15 is 0 Å². The molecule has 1 aliphatic rings. The van der Waals surface area contributed by atoms with Gasteiger partial charge in [-0.2, -0.15) is 4.31 Å². The average molecular weight is 322 g/mol. The van der Waals surface area contributed by atoms with Crippen molar-refractivity contribution in [2.24, 2.45) is 0 Å². The molecule has 2 N–H and O–H groups in total. The first-order valence-corrected chi connectivity index (χ1v) is 9.23. The highest BCUT2D eigenvalue weighted by Crippen LogP contribution is 2.39. The zero-order valence-electron chi connectivity index (χ0n) is 11.8. The topological polar surface area (TPSA) is 63.4 Å². The summed E-state index contributed by atoms with van der Waals surface area (Å²) in [7, 11) is -3.55. The molecule has 1 aromatic heterocycles. The summed E-state index contributed by atoms with van der Waals surface area (Å²) in [5, 5.41) is 1.98. The van der Waals surface area contributed by atoms with Crippen LogP contribution in [0.1, 0.15) is 29.3 Å². The van der Waals surface area contributed by atoms with Gasteiger partial charge in [0, 0.05) is 11.4 Å². The number of nitrogens with two attached hydrogens (primary N) is 1. The second-order valence-electron chi connectivity index (χ2n) is 5.33. The molecule has 112 valence electrons. The predicted molar refractivity (Wildman–Crippen MR) is 85.8 cm³/mol. The Labute approximate surface area is 129 Å². The number of thiophene rings is 1. The Morgan fingerprint density at radius 1 is 1.33 bits per heavy atom. The molecule has 0 amide bonds. The molecule has 1 aliphatic heterocycles. The molecule has 1 fully saturated rings. The van der Waals surface area contributed by atoms with Crippen LogP contribution in [0.25, 0.3) is 0 Å². The van der Waals surface area contributed by atoms with Crippen LogP contribution in [0, 0.1) is 6.92 Å². The fraction of sp³-hybridized carbons (Fsp3) is 0.333. The maximum atomic E-state index is 12.9. The minimum atomic E-state index is -3.55. The van der Waals surface area contributed by atoms with Crippen molar-refractivity contribution < 1.29 is 8.42 Å². The van der Waals surface area contributed by atoms with Crippen molar-refractivity contribution in [3.8, 4) is 0 Å². The third-order valence-electron chi connectivity index (χ3n) is 3.83. The van der Waals surface area contributed by atoms with E-state index in [1.54, 1.807) is 33.8 Å². The molecule has 1 atom stereocenters. The van der Waals surface area contributed by atoms with Crippen LogP contribution in [0.5, 0.6) is 0 Å². The van der Waals surface area contributed by atoms with Gasteiger partial charge in [-0.3, -0.25) is 0 Å². The smallest absolute Gasteiger partial charge is 0.245 e. The van der Waals surface area contributed by atoms with E-state index in [9.17, 15) is 8.42 Å². The Hall–Kier alpha value is -1.37. The van der Waals surface area contributed by atoms with Gasteiger partial charge in [-0.1, -0.05) is 12.1 Å². The van der Waals surface area contributed by atoms with Crippen molar-refractivity contribution in [1.82, 2.24) is 4.31 Å². The third-order valence-corrected chi connectivity index (χ3v) is 6.78. The molecule has 21 heavy (non-hydrogen) atoms. The Bertz CT molecular complexity index is 739. The van der Waals surface area contributed by atoms with Gasteiger partial charge in [-0.25, -0.2) is 8.42 Å². The van der Waals surface area contributed by atoms with Crippen LogP contribution in [0.15, 0.2) is 40.6 Å². The van der Waals surface area contributed by atoms with Crippen LogP contribution in [0.2, 0.25) is 0 Å². The van der Waals surface area contributed by atoms with Gasteiger partial charge in [0.05, 0.1) is 11.7 Å². The lowest BCUT2D eigenvalue weighted by atomic mass is 10.2. The molecule has 1 saturated heterocycles. The molecule has 0 spiro atoms. The summed E-state index contributed by atoms with van der Waals surface area (Å²) in [6.07, 6.45) is 1.75. The summed E-state index contributed by atoms with van der Waals surface area (Å²) in [6, 6.07) is 9.02. The lowest BCUT2D eigenvalue weighted by molar-refractivity contribution is 0.401. The highest BCUT2D eigenvalue weighted by molar-refractivity contribution is 7.89. The molecular weight excluding hydrogens is 304 g/mol. The van der Waals surface area contributed by atoms with Crippen LogP contribution in [-0.4, -0.2) is 19.3 Å². The van der Waals surface area contributed by atoms with Crippen LogP contribution in [0.4, 0.5) is 5.69 Å². The third kappa shape index (κ3) is 2.59. The number of aryl methyl sites for hydroxylation is 1. The molecule has 3 rings (SSSR count). The van der Waals surface area contributed by atoms with Gasteiger partial charge < -0.3 is 5.73 Å². The molecule has 1 aromatic carbocycles. The largest absolute Gasteiger partial charge is 0.398 e. The van der Waals surface area contributed by atoms with E-state index in [-0.39, 0.29) is 10.9 Å². The highest BCUT2D eigenvalue weighted by Gasteiger charge is 2.37. The van der Waals surface area contributed by atoms with E-state index in [1.165, 1.54) is 0 Å². The summed E-state index contributed by atoms with van der Waals surface area (Å²) in [5.41, 5.74) is 7.22. The summed E-state index contributed by atoms with van der Waals surface area (Å²) in [6.45, 7) is 2.45. The van der Waals surface area contributed by atoms with E-state index in [2.05, 4.69) is 0 Å². The van der Waals surface area contributed by atoms with Gasteiger partial charge in [0.1, 0.15) is 4.90 Å². The van der Waals surface area contributed by atoms with E-state index in [1.807, 2.05) is 24.4 Å². The first-order valence-electron chi connectivity index (χ1n) is 6.91. The number of nitrogen functional groups attached to an aromatic ring is 1. The number of rotatable bonds is 3. The minimum absolute atomic E-state index is 0.0595. The van der Waals surface area contributed by atoms with Crippen molar-refractivity contribution in [2.75, 3.05) is 12.3 Å². The standard InChI is InChI=1S/C15H18N2O2S2/c1-11-6-7-15(12(16)10-11)21(18,19)17-8-2-4-13(17)14-5-3-9-20-14/h3,5-7,9-10,13H,2,4,8,16H2,1H3. The Morgan fingerprint density at radius 3 is 2.81 bits per heavy atom. The SMILES string of the molecule is Cc1ccc(S(=O)(=O)N2CCCC2c2cccs2)c(N)c1. The number of nitrogens with zero attached hydrogens (tertiary/aromatic N) is 1. The second kappa shape index (κ2) is 5.44. The average Bonchev–Trinajstić information content (AvgIpc) is 3.09. The van der Waals surface area contributed by atoms with Gasteiger partial charge in [0.25, 0.3) is 0 Å². The maximum Gasteiger partial charge on any atom is 0.245 e. The van der Waals surface area contributed by atoms with Crippen LogP contribution >= 0.6 is 11.3 Å². The molecular formula is C15H18N2O2S2. The summed E-state index contributed by atoms with van der Waals surface area (Å²) >= 11 is 1.60. The lowest BCUT2D eigenvalue weighted by Crippen LogP contribution is -2.30. The van der Waals surface area contributed by atoms with E-state index in [0.717, 1.165) is 23.3 Å². The van der Waals surface area contributed by atoms with Gasteiger partial charge in [-0.05, 0) is 48.9 Å². The molecule has 1 unspecified atom stereocenters. The lowest BCUT2D eigenvalue weighted by Gasteiger charge is -2.24. The highest BCUT2D eigenvalue weighted by atomic mass is 32.2. The maximum absolute atomic E-state index is 12.9.